The monoisotopic (exact) mass is 271 g/mol. The van der Waals surface area contributed by atoms with E-state index in [4.69, 9.17) is 10.5 Å². The van der Waals surface area contributed by atoms with Gasteiger partial charge in [0.2, 0.25) is 0 Å². The van der Waals surface area contributed by atoms with Crippen molar-refractivity contribution in [3.05, 3.63) is 0 Å². The second-order valence-corrected chi connectivity index (χ2v) is 6.59. The van der Waals surface area contributed by atoms with Crippen molar-refractivity contribution in [3.8, 4) is 0 Å². The van der Waals surface area contributed by atoms with Crippen molar-refractivity contribution in [1.82, 2.24) is 0 Å². The van der Waals surface area contributed by atoms with Gasteiger partial charge in [0.25, 0.3) is 0 Å². The molecule has 0 heterocycles. The minimum absolute atomic E-state index is 0.195. The van der Waals surface area contributed by atoms with Crippen LogP contribution in [-0.4, -0.2) is 17.6 Å². The van der Waals surface area contributed by atoms with Gasteiger partial charge in [-0.3, -0.25) is 4.79 Å². The Kier molecular flexibility index (Phi) is 9.07. The summed E-state index contributed by atoms with van der Waals surface area (Å²) >= 11 is 0. The molecule has 0 rings (SSSR count). The van der Waals surface area contributed by atoms with Gasteiger partial charge in [-0.05, 0) is 33.1 Å². The smallest absolute Gasteiger partial charge is 0.323 e. The molecule has 19 heavy (non-hydrogen) atoms. The number of nitrogens with two attached hydrogens (primary N) is 1. The molecule has 0 saturated carbocycles. The molecule has 0 saturated heterocycles. The Labute approximate surface area is 119 Å². The molecule has 3 heteroatoms. The van der Waals surface area contributed by atoms with E-state index in [9.17, 15) is 4.79 Å². The van der Waals surface area contributed by atoms with Crippen molar-refractivity contribution in [2.45, 2.75) is 91.2 Å². The number of rotatable bonds is 9. The van der Waals surface area contributed by atoms with E-state index in [0.717, 1.165) is 12.8 Å². The maximum atomic E-state index is 11.8. The van der Waals surface area contributed by atoms with Crippen molar-refractivity contribution in [2.24, 2.45) is 11.7 Å². The molecule has 0 spiro atoms. The van der Waals surface area contributed by atoms with Gasteiger partial charge in [0.1, 0.15) is 11.6 Å². The molecule has 0 aliphatic carbocycles. The summed E-state index contributed by atoms with van der Waals surface area (Å²) in [5, 5.41) is 0. The Hall–Kier alpha value is -0.570. The molecule has 0 aromatic heterocycles. The lowest BCUT2D eigenvalue weighted by Gasteiger charge is -2.25. The van der Waals surface area contributed by atoms with E-state index >= 15 is 0 Å². The van der Waals surface area contributed by atoms with Crippen LogP contribution in [-0.2, 0) is 9.53 Å². The van der Waals surface area contributed by atoms with E-state index in [1.807, 2.05) is 27.7 Å². The number of carbonyl (C=O) groups is 1. The van der Waals surface area contributed by atoms with E-state index in [-0.39, 0.29) is 11.9 Å². The third-order valence-electron chi connectivity index (χ3n) is 3.31. The van der Waals surface area contributed by atoms with Crippen molar-refractivity contribution in [2.75, 3.05) is 0 Å². The zero-order valence-electron chi connectivity index (χ0n) is 13.5. The second-order valence-electron chi connectivity index (χ2n) is 6.59. The average Bonchev–Trinajstić information content (AvgIpc) is 2.30. The van der Waals surface area contributed by atoms with Gasteiger partial charge >= 0.3 is 5.97 Å². The standard InChI is InChI=1S/C16H33NO2/c1-6-7-8-9-10-11-12-13(2)14(17)15(18)19-16(3,4)5/h13-14H,6-12,17H2,1-5H3. The quantitative estimate of drug-likeness (QED) is 0.508. The number of hydrogen-bond donors (Lipinski definition) is 1. The number of hydrogen-bond acceptors (Lipinski definition) is 3. The first-order chi connectivity index (χ1) is 8.78. The SMILES string of the molecule is CCCCCCCCC(C)C(N)C(=O)OC(C)(C)C. The summed E-state index contributed by atoms with van der Waals surface area (Å²) in [7, 11) is 0. The van der Waals surface area contributed by atoms with Crippen LogP contribution in [0.1, 0.15) is 79.6 Å². The minimum Gasteiger partial charge on any atom is -0.459 e. The highest BCUT2D eigenvalue weighted by Gasteiger charge is 2.26. The van der Waals surface area contributed by atoms with Crippen LogP contribution >= 0.6 is 0 Å². The van der Waals surface area contributed by atoms with Crippen molar-refractivity contribution >= 4 is 5.97 Å². The van der Waals surface area contributed by atoms with Crippen LogP contribution < -0.4 is 5.73 Å². The Morgan fingerprint density at radius 3 is 2.16 bits per heavy atom. The predicted octanol–water partition coefficient (Wildman–Crippen LogP) is 4.04. The van der Waals surface area contributed by atoms with Crippen LogP contribution in [0.15, 0.2) is 0 Å². The molecule has 114 valence electrons. The zero-order chi connectivity index (χ0) is 14.9. The summed E-state index contributed by atoms with van der Waals surface area (Å²) in [5.74, 6) is -0.0768. The molecule has 0 radical (unpaired) electrons. The lowest BCUT2D eigenvalue weighted by molar-refractivity contribution is -0.157. The van der Waals surface area contributed by atoms with Crippen molar-refractivity contribution in [3.63, 3.8) is 0 Å². The first-order valence-corrected chi connectivity index (χ1v) is 7.76. The predicted molar refractivity (Wildman–Crippen MR) is 81.0 cm³/mol. The third kappa shape index (κ3) is 9.94. The van der Waals surface area contributed by atoms with Crippen LogP contribution in [0.3, 0.4) is 0 Å². The molecule has 0 amide bonds. The molecule has 0 aromatic carbocycles. The molecule has 0 aromatic rings. The summed E-state index contributed by atoms with van der Waals surface area (Å²) in [4.78, 5) is 11.8. The Morgan fingerprint density at radius 1 is 1.11 bits per heavy atom. The Morgan fingerprint density at radius 2 is 1.63 bits per heavy atom. The van der Waals surface area contributed by atoms with Gasteiger partial charge in [-0.15, -0.1) is 0 Å². The fraction of sp³-hybridized carbons (Fsp3) is 0.938. The number of unbranched alkanes of at least 4 members (excludes halogenated alkanes) is 5. The largest absolute Gasteiger partial charge is 0.459 e. The van der Waals surface area contributed by atoms with E-state index in [0.29, 0.717) is 0 Å². The summed E-state index contributed by atoms with van der Waals surface area (Å²) in [6, 6.07) is -0.491. The number of carbonyl (C=O) groups excluding carboxylic acids is 1. The molecular weight excluding hydrogens is 238 g/mol. The number of esters is 1. The van der Waals surface area contributed by atoms with Gasteiger partial charge in [-0.1, -0.05) is 52.4 Å². The normalized spacial score (nSPS) is 15.1. The first-order valence-electron chi connectivity index (χ1n) is 7.76. The van der Waals surface area contributed by atoms with E-state index < -0.39 is 11.6 Å². The van der Waals surface area contributed by atoms with E-state index in [1.165, 1.54) is 32.1 Å². The zero-order valence-corrected chi connectivity index (χ0v) is 13.5. The lowest BCUT2D eigenvalue weighted by Crippen LogP contribution is -2.41. The summed E-state index contributed by atoms with van der Waals surface area (Å²) < 4.78 is 5.32. The van der Waals surface area contributed by atoms with Crippen LogP contribution in [0.4, 0.5) is 0 Å². The van der Waals surface area contributed by atoms with Gasteiger partial charge in [-0.2, -0.15) is 0 Å². The van der Waals surface area contributed by atoms with Crippen LogP contribution in [0, 0.1) is 5.92 Å². The van der Waals surface area contributed by atoms with E-state index in [2.05, 4.69) is 6.92 Å². The molecule has 0 fully saturated rings. The summed E-state index contributed by atoms with van der Waals surface area (Å²) in [5.41, 5.74) is 5.51. The maximum absolute atomic E-state index is 11.8. The molecule has 0 aliphatic heterocycles. The first kappa shape index (κ1) is 18.4. The van der Waals surface area contributed by atoms with Crippen molar-refractivity contribution in [1.29, 1.82) is 0 Å². The van der Waals surface area contributed by atoms with E-state index in [1.54, 1.807) is 0 Å². The molecule has 2 unspecified atom stereocenters. The van der Waals surface area contributed by atoms with Gasteiger partial charge in [0.15, 0.2) is 0 Å². The molecule has 0 bridgehead atoms. The Balaban J connectivity index is 3.81. The molecule has 2 N–H and O–H groups in total. The van der Waals surface area contributed by atoms with Gasteiger partial charge in [0.05, 0.1) is 0 Å². The molecule has 2 atom stereocenters. The average molecular weight is 271 g/mol. The number of ether oxygens (including phenoxy) is 1. The minimum atomic E-state index is -0.491. The fourth-order valence-corrected chi connectivity index (χ4v) is 2.03. The fourth-order valence-electron chi connectivity index (χ4n) is 2.03. The molecular formula is C16H33NO2. The summed E-state index contributed by atoms with van der Waals surface area (Å²) in [6.45, 7) is 9.88. The van der Waals surface area contributed by atoms with Gasteiger partial charge < -0.3 is 10.5 Å². The maximum Gasteiger partial charge on any atom is 0.323 e. The van der Waals surface area contributed by atoms with Gasteiger partial charge in [-0.25, -0.2) is 0 Å². The lowest BCUT2D eigenvalue weighted by atomic mass is 9.95. The summed E-state index contributed by atoms with van der Waals surface area (Å²) in [6.07, 6.45) is 8.62. The van der Waals surface area contributed by atoms with Crippen LogP contribution in [0.5, 0.6) is 0 Å². The highest BCUT2D eigenvalue weighted by atomic mass is 16.6. The van der Waals surface area contributed by atoms with Crippen LogP contribution in [0.25, 0.3) is 0 Å². The highest BCUT2D eigenvalue weighted by Crippen LogP contribution is 2.17. The molecule has 3 nitrogen and oxygen atoms in total. The van der Waals surface area contributed by atoms with Gasteiger partial charge in [0, 0.05) is 0 Å². The van der Waals surface area contributed by atoms with Crippen LogP contribution in [0.2, 0.25) is 0 Å². The van der Waals surface area contributed by atoms with Crippen molar-refractivity contribution < 1.29 is 9.53 Å². The second kappa shape index (κ2) is 9.35. The highest BCUT2D eigenvalue weighted by molar-refractivity contribution is 5.76. The topological polar surface area (TPSA) is 52.3 Å². The third-order valence-corrected chi connectivity index (χ3v) is 3.31. The Bertz CT molecular complexity index is 246. The molecule has 0 aliphatic rings.